The molecule has 0 aromatic rings. The van der Waals surface area contributed by atoms with E-state index in [1.165, 1.54) is 0 Å². The minimum absolute atomic E-state index is 0.00484. The third-order valence-electron chi connectivity index (χ3n) is 1.15. The molecule has 72 valence electrons. The lowest BCUT2D eigenvalue weighted by Crippen LogP contribution is -2.24. The molecule has 0 heterocycles. The summed E-state index contributed by atoms with van der Waals surface area (Å²) in [5.74, 6) is -0.356. The van der Waals surface area contributed by atoms with Gasteiger partial charge in [-0.15, -0.1) is 11.8 Å². The zero-order valence-electron chi connectivity index (χ0n) is 7.83. The van der Waals surface area contributed by atoms with Gasteiger partial charge in [-0.05, 0) is 0 Å². The smallest absolute Gasteiger partial charge is 0.218 e. The normalized spacial score (nSPS) is 14.3. The third-order valence-corrected chi connectivity index (χ3v) is 2.51. The Morgan fingerprint density at radius 3 is 2.33 bits per heavy atom. The van der Waals surface area contributed by atoms with E-state index in [0.717, 1.165) is 0 Å². The zero-order valence-corrected chi connectivity index (χ0v) is 8.65. The van der Waals surface area contributed by atoms with Gasteiger partial charge in [0.05, 0.1) is 6.61 Å². The van der Waals surface area contributed by atoms with E-state index in [9.17, 15) is 4.79 Å². The van der Waals surface area contributed by atoms with Crippen LogP contribution in [0, 0.1) is 0 Å². The van der Waals surface area contributed by atoms with E-state index >= 15 is 0 Å². The molecule has 0 unspecified atom stereocenters. The van der Waals surface area contributed by atoms with Gasteiger partial charge in [0.1, 0.15) is 0 Å². The lowest BCUT2D eigenvalue weighted by Gasteiger charge is -2.23. The third kappa shape index (κ3) is 6.49. The molecule has 0 rings (SSSR count). The summed E-state index contributed by atoms with van der Waals surface area (Å²) >= 11 is 1.58. The molecule has 0 fully saturated rings. The first-order valence-corrected chi connectivity index (χ1v) is 4.80. The number of carbonyl (C=O) groups is 1. The van der Waals surface area contributed by atoms with Crippen molar-refractivity contribution >= 4 is 17.7 Å². The van der Waals surface area contributed by atoms with Gasteiger partial charge in [-0.2, -0.15) is 0 Å². The highest BCUT2D eigenvalue weighted by Crippen LogP contribution is 2.29. The van der Waals surface area contributed by atoms with Crippen molar-refractivity contribution in [1.82, 2.24) is 0 Å². The monoisotopic (exact) mass is 191 g/mol. The zero-order chi connectivity index (χ0) is 9.78. The molecule has 0 aromatic carbocycles. The highest BCUT2D eigenvalue weighted by molar-refractivity contribution is 8.01. The summed E-state index contributed by atoms with van der Waals surface area (Å²) in [5, 5.41) is 8.84. The Morgan fingerprint density at radius 2 is 2.08 bits per heavy atom. The lowest BCUT2D eigenvalue weighted by atomic mass is 10.2. The molecule has 0 aliphatic carbocycles. The van der Waals surface area contributed by atoms with Crippen LogP contribution in [-0.4, -0.2) is 27.6 Å². The van der Waals surface area contributed by atoms with Crippen LogP contribution in [0.15, 0.2) is 0 Å². The molecule has 0 spiro atoms. The number of nitrogens with two attached hydrogens (primary N) is 1. The maximum atomic E-state index is 10.6. The second-order valence-electron chi connectivity index (χ2n) is 3.71. The Bertz CT molecular complexity index is 154. The maximum Gasteiger partial charge on any atom is 0.218 e. The van der Waals surface area contributed by atoms with Gasteiger partial charge < -0.3 is 10.8 Å². The standard InChI is InChI=1S/C8H17NO2S/c1-8(2,3)12-6(5-10)4-7(9)11/h6,10H,4-5H2,1-3H3,(H2,9,11)/t6-/m1/s1. The summed E-state index contributed by atoms with van der Waals surface area (Å²) in [4.78, 5) is 10.6. The van der Waals surface area contributed by atoms with Crippen molar-refractivity contribution < 1.29 is 9.90 Å². The van der Waals surface area contributed by atoms with E-state index in [1.807, 2.05) is 20.8 Å². The van der Waals surface area contributed by atoms with Crippen molar-refractivity contribution in [2.24, 2.45) is 5.73 Å². The number of primary amides is 1. The average Bonchev–Trinajstić information content (AvgIpc) is 1.82. The predicted molar refractivity (Wildman–Crippen MR) is 52.0 cm³/mol. The molecule has 4 heteroatoms. The number of thioether (sulfide) groups is 1. The Morgan fingerprint density at radius 1 is 1.58 bits per heavy atom. The van der Waals surface area contributed by atoms with E-state index in [0.29, 0.717) is 0 Å². The predicted octanol–water partition coefficient (Wildman–Crippen LogP) is 0.754. The van der Waals surface area contributed by atoms with E-state index in [2.05, 4.69) is 0 Å². The Labute approximate surface area is 77.7 Å². The number of aliphatic hydroxyl groups excluding tert-OH is 1. The SMILES string of the molecule is CC(C)(C)S[C@@H](CO)CC(N)=O. The molecule has 0 bridgehead atoms. The molecular weight excluding hydrogens is 174 g/mol. The largest absolute Gasteiger partial charge is 0.395 e. The average molecular weight is 191 g/mol. The van der Waals surface area contributed by atoms with Crippen LogP contribution in [0.3, 0.4) is 0 Å². The molecule has 1 amide bonds. The molecule has 0 aliphatic heterocycles. The van der Waals surface area contributed by atoms with Crippen LogP contribution < -0.4 is 5.73 Å². The highest BCUT2D eigenvalue weighted by atomic mass is 32.2. The van der Waals surface area contributed by atoms with Gasteiger partial charge in [-0.1, -0.05) is 20.8 Å². The Balaban J connectivity index is 3.92. The van der Waals surface area contributed by atoms with E-state index in [-0.39, 0.29) is 28.9 Å². The lowest BCUT2D eigenvalue weighted by molar-refractivity contribution is -0.118. The molecule has 3 N–H and O–H groups in total. The van der Waals surface area contributed by atoms with Crippen molar-refractivity contribution in [3.63, 3.8) is 0 Å². The van der Waals surface area contributed by atoms with Crippen LogP contribution >= 0.6 is 11.8 Å². The Hall–Kier alpha value is -0.220. The maximum absolute atomic E-state index is 10.6. The first-order chi connectivity index (χ1) is 5.35. The minimum Gasteiger partial charge on any atom is -0.395 e. The number of amides is 1. The number of hydrogen-bond acceptors (Lipinski definition) is 3. The van der Waals surface area contributed by atoms with Crippen molar-refractivity contribution in [3.8, 4) is 0 Å². The van der Waals surface area contributed by atoms with Crippen LogP contribution in [0.25, 0.3) is 0 Å². The second kappa shape index (κ2) is 4.72. The number of carbonyl (C=O) groups excluding carboxylic acids is 1. The van der Waals surface area contributed by atoms with E-state index < -0.39 is 0 Å². The molecular formula is C8H17NO2S. The molecule has 0 radical (unpaired) electrons. The minimum atomic E-state index is -0.356. The molecule has 12 heavy (non-hydrogen) atoms. The van der Waals surface area contributed by atoms with Crippen molar-refractivity contribution in [2.75, 3.05) is 6.61 Å². The summed E-state index contributed by atoms with van der Waals surface area (Å²) in [5.41, 5.74) is 5.02. The summed E-state index contributed by atoms with van der Waals surface area (Å²) in [6.45, 7) is 6.13. The van der Waals surface area contributed by atoms with Crippen LogP contribution in [0.4, 0.5) is 0 Å². The quantitative estimate of drug-likeness (QED) is 0.689. The highest BCUT2D eigenvalue weighted by Gasteiger charge is 2.19. The van der Waals surface area contributed by atoms with Gasteiger partial charge in [0.25, 0.3) is 0 Å². The molecule has 1 atom stereocenters. The number of aliphatic hydroxyl groups is 1. The van der Waals surface area contributed by atoms with Gasteiger partial charge in [0.15, 0.2) is 0 Å². The summed E-state index contributed by atoms with van der Waals surface area (Å²) in [6, 6.07) is 0. The number of hydrogen-bond donors (Lipinski definition) is 2. The van der Waals surface area contributed by atoms with Gasteiger partial charge in [0.2, 0.25) is 5.91 Å². The van der Waals surface area contributed by atoms with Gasteiger partial charge in [-0.25, -0.2) is 0 Å². The first-order valence-electron chi connectivity index (χ1n) is 3.92. The van der Waals surface area contributed by atoms with E-state index in [1.54, 1.807) is 11.8 Å². The van der Waals surface area contributed by atoms with Crippen molar-refractivity contribution in [2.45, 2.75) is 37.2 Å². The van der Waals surface area contributed by atoms with Crippen molar-refractivity contribution in [1.29, 1.82) is 0 Å². The molecule has 0 saturated carbocycles. The van der Waals surface area contributed by atoms with Crippen LogP contribution in [-0.2, 0) is 4.79 Å². The van der Waals surface area contributed by atoms with E-state index in [4.69, 9.17) is 10.8 Å². The molecule has 0 saturated heterocycles. The molecule has 0 aliphatic rings. The number of rotatable bonds is 4. The molecule has 3 nitrogen and oxygen atoms in total. The summed E-state index contributed by atoms with van der Waals surface area (Å²) < 4.78 is 0.0584. The van der Waals surface area contributed by atoms with Gasteiger partial charge in [-0.3, -0.25) is 4.79 Å². The fourth-order valence-corrected chi connectivity index (χ4v) is 2.19. The van der Waals surface area contributed by atoms with Gasteiger partial charge >= 0.3 is 0 Å². The Kier molecular flexibility index (Phi) is 4.63. The fraction of sp³-hybridized carbons (Fsp3) is 0.875. The van der Waals surface area contributed by atoms with Crippen molar-refractivity contribution in [3.05, 3.63) is 0 Å². The van der Waals surface area contributed by atoms with Crippen LogP contribution in [0.5, 0.6) is 0 Å². The summed E-state index contributed by atoms with van der Waals surface area (Å²) in [7, 11) is 0. The molecule has 0 aromatic heterocycles. The second-order valence-corrected chi connectivity index (χ2v) is 5.83. The van der Waals surface area contributed by atoms with Crippen LogP contribution in [0.1, 0.15) is 27.2 Å². The fourth-order valence-electron chi connectivity index (χ4n) is 0.868. The topological polar surface area (TPSA) is 63.3 Å². The van der Waals surface area contributed by atoms with Gasteiger partial charge in [0, 0.05) is 16.4 Å². The van der Waals surface area contributed by atoms with Crippen LogP contribution in [0.2, 0.25) is 0 Å². The summed E-state index contributed by atoms with van der Waals surface area (Å²) in [6.07, 6.45) is 0.248. The first kappa shape index (κ1) is 11.8.